The molecule has 0 aliphatic rings. The highest BCUT2D eigenvalue weighted by Crippen LogP contribution is 2.19. The molecule has 0 fully saturated rings. The average molecular weight is 366 g/mol. The van der Waals surface area contributed by atoms with E-state index >= 15 is 0 Å². The van der Waals surface area contributed by atoms with Crippen molar-refractivity contribution in [3.63, 3.8) is 0 Å². The molecule has 10 nitrogen and oxygen atoms in total. The number of hydrogen-bond acceptors (Lipinski definition) is 8. The maximum Gasteiger partial charge on any atom is 0.330 e. The van der Waals surface area contributed by atoms with Crippen molar-refractivity contribution in [2.75, 3.05) is 30.9 Å². The lowest BCUT2D eigenvalue weighted by Gasteiger charge is -2.24. The Hall–Kier alpha value is -2.62. The summed E-state index contributed by atoms with van der Waals surface area (Å²) < 4.78 is 11.7. The number of nitrogens with two attached hydrogens (primary N) is 1. The Bertz CT molecular complexity index is 838. The van der Waals surface area contributed by atoms with Crippen molar-refractivity contribution in [2.24, 2.45) is 5.92 Å². The van der Waals surface area contributed by atoms with Crippen molar-refractivity contribution in [1.29, 1.82) is 0 Å². The molecular formula is C16H26N6O4. The molecule has 0 aliphatic heterocycles. The first-order chi connectivity index (χ1) is 12.4. The zero-order valence-corrected chi connectivity index (χ0v) is 15.6. The van der Waals surface area contributed by atoms with Gasteiger partial charge in [-0.25, -0.2) is 4.79 Å². The lowest BCUT2D eigenvalue weighted by molar-refractivity contribution is 0.204. The molecule has 2 heterocycles. The van der Waals surface area contributed by atoms with Gasteiger partial charge in [-0.05, 0) is 5.92 Å². The van der Waals surface area contributed by atoms with E-state index in [0.29, 0.717) is 37.8 Å². The molecule has 144 valence electrons. The number of nitrogens with zero attached hydrogens (tertiary/aromatic N) is 4. The summed E-state index contributed by atoms with van der Waals surface area (Å²) in [6.45, 7) is 7.15. The van der Waals surface area contributed by atoms with Crippen LogP contribution in [0.25, 0.3) is 0 Å². The minimum absolute atomic E-state index is 0.110. The molecule has 0 spiro atoms. The van der Waals surface area contributed by atoms with Crippen LogP contribution in [-0.2, 0) is 24.2 Å². The van der Waals surface area contributed by atoms with E-state index in [-0.39, 0.29) is 24.0 Å². The molecule has 0 radical (unpaired) electrons. The second-order valence-electron chi connectivity index (χ2n) is 6.37. The van der Waals surface area contributed by atoms with E-state index in [9.17, 15) is 9.59 Å². The number of H-pyrrole nitrogens is 1. The van der Waals surface area contributed by atoms with Crippen molar-refractivity contribution in [3.05, 3.63) is 32.6 Å². The fourth-order valence-electron chi connectivity index (χ4n) is 2.56. The number of methoxy groups -OCH3 is 1. The molecule has 2 aromatic heterocycles. The van der Waals surface area contributed by atoms with Crippen molar-refractivity contribution >= 4 is 11.5 Å². The molecule has 2 aromatic rings. The largest absolute Gasteiger partial charge is 0.383 e. The van der Waals surface area contributed by atoms with E-state index in [0.717, 1.165) is 0 Å². The van der Waals surface area contributed by atoms with Gasteiger partial charge in [0.25, 0.3) is 5.56 Å². The molecule has 3 N–H and O–H groups in total. The van der Waals surface area contributed by atoms with Crippen LogP contribution in [0.1, 0.15) is 32.5 Å². The first-order valence-corrected chi connectivity index (χ1v) is 8.55. The fraction of sp³-hybridized carbons (Fsp3) is 0.625. The highest BCUT2D eigenvalue weighted by molar-refractivity contribution is 5.62. The van der Waals surface area contributed by atoms with Crippen LogP contribution in [0.3, 0.4) is 0 Å². The molecule has 0 saturated carbocycles. The van der Waals surface area contributed by atoms with Gasteiger partial charge in [0.2, 0.25) is 5.89 Å². The molecule has 0 aromatic carbocycles. The fourth-order valence-corrected chi connectivity index (χ4v) is 2.56. The molecule has 0 bridgehead atoms. The van der Waals surface area contributed by atoms with Crippen molar-refractivity contribution in [3.8, 4) is 0 Å². The molecule has 0 atom stereocenters. The standard InChI is InChI=1S/C16H26N6O4/c1-5-11-18-12(26-20-11)9-21(6-7-25-4)13-14(17)22(8-10(2)3)16(24)19-15(13)23/h10H,5-9,17H2,1-4H3,(H,19,23,24). The van der Waals surface area contributed by atoms with E-state index in [1.54, 1.807) is 12.0 Å². The summed E-state index contributed by atoms with van der Waals surface area (Å²) in [6, 6.07) is 0. The normalized spacial score (nSPS) is 11.3. The quantitative estimate of drug-likeness (QED) is 0.650. The maximum absolute atomic E-state index is 12.5. The summed E-state index contributed by atoms with van der Waals surface area (Å²) in [5.41, 5.74) is 5.30. The van der Waals surface area contributed by atoms with Crippen LogP contribution in [0.5, 0.6) is 0 Å². The van der Waals surface area contributed by atoms with E-state index in [2.05, 4.69) is 15.1 Å². The summed E-state index contributed by atoms with van der Waals surface area (Å²) in [5.74, 6) is 1.24. The van der Waals surface area contributed by atoms with Gasteiger partial charge in [0.05, 0.1) is 13.2 Å². The predicted octanol–water partition coefficient (Wildman–Crippen LogP) is 0.373. The van der Waals surface area contributed by atoms with Gasteiger partial charge < -0.3 is 19.9 Å². The first-order valence-electron chi connectivity index (χ1n) is 8.55. The van der Waals surface area contributed by atoms with Gasteiger partial charge in [0, 0.05) is 26.6 Å². The zero-order valence-electron chi connectivity index (χ0n) is 15.6. The maximum atomic E-state index is 12.5. The molecule has 0 aliphatic carbocycles. The SMILES string of the molecule is CCc1noc(CN(CCOC)c2c(N)n(CC(C)C)c(=O)[nH]c2=O)n1. The van der Waals surface area contributed by atoms with Crippen LogP contribution in [0.2, 0.25) is 0 Å². The highest BCUT2D eigenvalue weighted by atomic mass is 16.5. The van der Waals surface area contributed by atoms with Crippen LogP contribution in [0, 0.1) is 5.92 Å². The molecule has 0 amide bonds. The first kappa shape index (κ1) is 19.7. The van der Waals surface area contributed by atoms with Crippen LogP contribution >= 0.6 is 0 Å². The Morgan fingerprint density at radius 3 is 2.69 bits per heavy atom. The average Bonchev–Trinajstić information content (AvgIpc) is 3.03. The molecule has 26 heavy (non-hydrogen) atoms. The monoisotopic (exact) mass is 366 g/mol. The Labute approximate surface area is 151 Å². The Morgan fingerprint density at radius 2 is 2.12 bits per heavy atom. The van der Waals surface area contributed by atoms with E-state index in [1.807, 2.05) is 20.8 Å². The van der Waals surface area contributed by atoms with Crippen LogP contribution in [0.15, 0.2) is 14.1 Å². The number of nitrogens with one attached hydrogen (secondary N) is 1. The summed E-state index contributed by atoms with van der Waals surface area (Å²) in [7, 11) is 1.56. The van der Waals surface area contributed by atoms with E-state index < -0.39 is 11.2 Å². The number of hydrogen-bond donors (Lipinski definition) is 2. The molecule has 0 unspecified atom stereocenters. The second-order valence-corrected chi connectivity index (χ2v) is 6.37. The Balaban J connectivity index is 2.46. The smallest absolute Gasteiger partial charge is 0.330 e. The topological polar surface area (TPSA) is 132 Å². The van der Waals surface area contributed by atoms with Gasteiger partial charge in [0.15, 0.2) is 5.82 Å². The van der Waals surface area contributed by atoms with E-state index in [4.69, 9.17) is 15.0 Å². The van der Waals surface area contributed by atoms with Gasteiger partial charge in [-0.3, -0.25) is 14.3 Å². The third kappa shape index (κ3) is 4.51. The minimum Gasteiger partial charge on any atom is -0.383 e. The lowest BCUT2D eigenvalue weighted by atomic mass is 10.2. The highest BCUT2D eigenvalue weighted by Gasteiger charge is 2.21. The number of ether oxygens (including phenoxy) is 1. The number of nitrogen functional groups attached to an aromatic ring is 1. The molecule has 2 rings (SSSR count). The number of anilines is 2. The van der Waals surface area contributed by atoms with E-state index in [1.165, 1.54) is 4.57 Å². The number of aromatic amines is 1. The van der Waals surface area contributed by atoms with Crippen LogP contribution in [-0.4, -0.2) is 40.0 Å². The van der Waals surface area contributed by atoms with Gasteiger partial charge in [-0.2, -0.15) is 4.98 Å². The van der Waals surface area contributed by atoms with Gasteiger partial charge in [0.1, 0.15) is 11.5 Å². The van der Waals surface area contributed by atoms with Crippen LogP contribution in [0.4, 0.5) is 11.5 Å². The number of aryl methyl sites for hydroxylation is 1. The van der Waals surface area contributed by atoms with Crippen molar-refractivity contribution < 1.29 is 9.26 Å². The summed E-state index contributed by atoms with van der Waals surface area (Å²) in [5, 5.41) is 3.86. The Morgan fingerprint density at radius 1 is 1.38 bits per heavy atom. The summed E-state index contributed by atoms with van der Waals surface area (Å²) in [4.78, 5) is 32.9. The van der Waals surface area contributed by atoms with Gasteiger partial charge in [-0.15, -0.1) is 0 Å². The number of aromatic nitrogens is 4. The van der Waals surface area contributed by atoms with Crippen LogP contribution < -0.4 is 21.9 Å². The predicted molar refractivity (Wildman–Crippen MR) is 97.2 cm³/mol. The third-order valence-corrected chi connectivity index (χ3v) is 3.80. The van der Waals surface area contributed by atoms with Crippen molar-refractivity contribution in [2.45, 2.75) is 40.3 Å². The van der Waals surface area contributed by atoms with Gasteiger partial charge >= 0.3 is 5.69 Å². The van der Waals surface area contributed by atoms with Crippen molar-refractivity contribution in [1.82, 2.24) is 19.7 Å². The second kappa shape index (κ2) is 8.65. The lowest BCUT2D eigenvalue weighted by Crippen LogP contribution is -2.40. The van der Waals surface area contributed by atoms with Gasteiger partial charge in [-0.1, -0.05) is 25.9 Å². The summed E-state index contributed by atoms with van der Waals surface area (Å²) in [6.07, 6.45) is 0.642. The minimum atomic E-state index is -0.557. The zero-order chi connectivity index (χ0) is 19.3. The molecule has 0 saturated heterocycles. The summed E-state index contributed by atoms with van der Waals surface area (Å²) >= 11 is 0. The molecule has 10 heteroatoms. The Kier molecular flexibility index (Phi) is 6.56. The molecular weight excluding hydrogens is 340 g/mol. The third-order valence-electron chi connectivity index (χ3n) is 3.80. The number of rotatable bonds is 9.